The SMILES string of the molecule is CC1=C[C@@]2(C)C=C(C)C(=O)[C@@](C)(C1)C2=O. The van der Waals surface area contributed by atoms with Gasteiger partial charge in [0.1, 0.15) is 0 Å². The Morgan fingerprint density at radius 2 is 1.73 bits per heavy atom. The number of ketones is 2. The minimum absolute atomic E-state index is 0.00238. The Labute approximate surface area is 90.1 Å². The average Bonchev–Trinajstić information content (AvgIpc) is 2.10. The number of fused-ring (bicyclic) bond motifs is 2. The van der Waals surface area contributed by atoms with Crippen molar-refractivity contribution in [3.05, 3.63) is 23.3 Å². The van der Waals surface area contributed by atoms with Crippen LogP contribution in [0.5, 0.6) is 0 Å². The Balaban J connectivity index is 2.72. The normalized spacial score (nSPS) is 40.0. The monoisotopic (exact) mass is 204 g/mol. The Hall–Kier alpha value is -1.18. The zero-order chi connectivity index (χ0) is 11.4. The van der Waals surface area contributed by atoms with Crippen LogP contribution in [0.1, 0.15) is 34.1 Å². The fourth-order valence-electron chi connectivity index (χ4n) is 3.10. The Kier molecular flexibility index (Phi) is 1.85. The number of hydrogen-bond donors (Lipinski definition) is 0. The number of hydrogen-bond acceptors (Lipinski definition) is 2. The molecule has 0 spiro atoms. The zero-order valence-electron chi connectivity index (χ0n) is 9.68. The maximum Gasteiger partial charge on any atom is 0.171 e. The number of carbonyl (C=O) groups is 2. The van der Waals surface area contributed by atoms with E-state index in [4.69, 9.17) is 0 Å². The molecule has 0 fully saturated rings. The molecular formula is C13H16O2. The Morgan fingerprint density at radius 3 is 2.33 bits per heavy atom. The second-order valence-electron chi connectivity index (χ2n) is 5.27. The molecule has 2 aliphatic rings. The summed E-state index contributed by atoms with van der Waals surface area (Å²) in [4.78, 5) is 24.3. The van der Waals surface area contributed by atoms with E-state index in [2.05, 4.69) is 0 Å². The molecule has 0 N–H and O–H groups in total. The van der Waals surface area contributed by atoms with E-state index in [0.29, 0.717) is 6.42 Å². The quantitative estimate of drug-likeness (QED) is 0.448. The molecule has 0 unspecified atom stereocenters. The second kappa shape index (κ2) is 2.69. The van der Waals surface area contributed by atoms with Gasteiger partial charge in [-0.2, -0.15) is 0 Å². The predicted molar refractivity (Wildman–Crippen MR) is 58.4 cm³/mol. The molecule has 0 aromatic heterocycles. The molecule has 0 saturated carbocycles. The van der Waals surface area contributed by atoms with E-state index in [0.717, 1.165) is 11.1 Å². The van der Waals surface area contributed by atoms with Gasteiger partial charge in [0.15, 0.2) is 11.6 Å². The summed E-state index contributed by atoms with van der Waals surface area (Å²) in [6, 6.07) is 0. The summed E-state index contributed by atoms with van der Waals surface area (Å²) >= 11 is 0. The fraction of sp³-hybridized carbons (Fsp3) is 0.538. The molecule has 15 heavy (non-hydrogen) atoms. The minimum Gasteiger partial charge on any atom is -0.297 e. The molecule has 0 aliphatic heterocycles. The van der Waals surface area contributed by atoms with Gasteiger partial charge in [-0.15, -0.1) is 0 Å². The van der Waals surface area contributed by atoms with Gasteiger partial charge >= 0.3 is 0 Å². The largest absolute Gasteiger partial charge is 0.297 e. The molecule has 2 heteroatoms. The molecule has 2 rings (SSSR count). The molecule has 0 radical (unpaired) electrons. The lowest BCUT2D eigenvalue weighted by molar-refractivity contribution is -0.143. The van der Waals surface area contributed by atoms with E-state index >= 15 is 0 Å². The van der Waals surface area contributed by atoms with Gasteiger partial charge in [0.2, 0.25) is 0 Å². The van der Waals surface area contributed by atoms with Gasteiger partial charge < -0.3 is 0 Å². The molecule has 2 bridgehead atoms. The van der Waals surface area contributed by atoms with Crippen molar-refractivity contribution in [2.24, 2.45) is 10.8 Å². The summed E-state index contributed by atoms with van der Waals surface area (Å²) in [7, 11) is 0. The van der Waals surface area contributed by atoms with Crippen molar-refractivity contribution < 1.29 is 9.59 Å². The molecular weight excluding hydrogens is 188 g/mol. The van der Waals surface area contributed by atoms with Crippen molar-refractivity contribution in [3.63, 3.8) is 0 Å². The molecule has 0 saturated heterocycles. The van der Waals surface area contributed by atoms with E-state index in [1.54, 1.807) is 13.8 Å². The summed E-state index contributed by atoms with van der Waals surface area (Å²) in [5.41, 5.74) is 0.488. The van der Waals surface area contributed by atoms with Crippen LogP contribution < -0.4 is 0 Å². The van der Waals surface area contributed by atoms with E-state index < -0.39 is 10.8 Å². The van der Waals surface area contributed by atoms with Gasteiger partial charge in [-0.1, -0.05) is 17.7 Å². The highest BCUT2D eigenvalue weighted by Gasteiger charge is 2.53. The van der Waals surface area contributed by atoms with Gasteiger partial charge in [0.05, 0.1) is 10.8 Å². The summed E-state index contributed by atoms with van der Waals surface area (Å²) < 4.78 is 0. The highest BCUT2D eigenvalue weighted by Crippen LogP contribution is 2.48. The number of carbonyl (C=O) groups excluding carboxylic acids is 2. The van der Waals surface area contributed by atoms with Crippen molar-refractivity contribution in [1.29, 1.82) is 0 Å². The first-order valence-electron chi connectivity index (χ1n) is 5.27. The summed E-state index contributed by atoms with van der Waals surface area (Å²) in [5, 5.41) is 0. The lowest BCUT2D eigenvalue weighted by atomic mass is 9.57. The second-order valence-corrected chi connectivity index (χ2v) is 5.27. The van der Waals surface area contributed by atoms with Crippen LogP contribution in [0, 0.1) is 10.8 Å². The summed E-state index contributed by atoms with van der Waals surface area (Å²) in [6.07, 6.45) is 4.38. The van der Waals surface area contributed by atoms with Crippen LogP contribution in [-0.4, -0.2) is 11.6 Å². The molecule has 0 amide bonds. The van der Waals surface area contributed by atoms with Crippen LogP contribution >= 0.6 is 0 Å². The maximum atomic E-state index is 12.2. The average molecular weight is 204 g/mol. The molecule has 2 aliphatic carbocycles. The van der Waals surface area contributed by atoms with Gasteiger partial charge in [-0.3, -0.25) is 9.59 Å². The lowest BCUT2D eigenvalue weighted by Crippen LogP contribution is -2.50. The van der Waals surface area contributed by atoms with Crippen molar-refractivity contribution in [2.45, 2.75) is 34.1 Å². The summed E-state index contributed by atoms with van der Waals surface area (Å²) in [6.45, 7) is 7.47. The van der Waals surface area contributed by atoms with Crippen LogP contribution in [-0.2, 0) is 9.59 Å². The van der Waals surface area contributed by atoms with Crippen LogP contribution in [0.2, 0.25) is 0 Å². The summed E-state index contributed by atoms with van der Waals surface area (Å²) in [5.74, 6) is 0.0497. The van der Waals surface area contributed by atoms with E-state index in [-0.39, 0.29) is 11.6 Å². The van der Waals surface area contributed by atoms with E-state index in [9.17, 15) is 9.59 Å². The molecule has 0 aromatic rings. The first-order chi connectivity index (χ1) is 6.79. The van der Waals surface area contributed by atoms with E-state index in [1.807, 2.05) is 26.0 Å². The molecule has 2 nitrogen and oxygen atoms in total. The highest BCUT2D eigenvalue weighted by atomic mass is 16.2. The smallest absolute Gasteiger partial charge is 0.171 e. The third-order valence-electron chi connectivity index (χ3n) is 3.54. The van der Waals surface area contributed by atoms with Gasteiger partial charge in [-0.05, 0) is 39.7 Å². The molecule has 2 atom stereocenters. The highest BCUT2D eigenvalue weighted by molar-refractivity contribution is 6.19. The van der Waals surface area contributed by atoms with Gasteiger partial charge in [0, 0.05) is 0 Å². The van der Waals surface area contributed by atoms with Crippen molar-refractivity contribution >= 4 is 11.6 Å². The van der Waals surface area contributed by atoms with Gasteiger partial charge in [0.25, 0.3) is 0 Å². The topological polar surface area (TPSA) is 34.1 Å². The molecule has 0 heterocycles. The Morgan fingerprint density at radius 1 is 1.13 bits per heavy atom. The first kappa shape index (κ1) is 10.3. The van der Waals surface area contributed by atoms with Crippen molar-refractivity contribution in [1.82, 2.24) is 0 Å². The Bertz CT molecular complexity index is 428. The number of allylic oxidation sites excluding steroid dienone is 4. The van der Waals surface area contributed by atoms with Crippen molar-refractivity contribution in [2.75, 3.05) is 0 Å². The molecule has 0 aromatic carbocycles. The zero-order valence-corrected chi connectivity index (χ0v) is 9.68. The first-order valence-corrected chi connectivity index (χ1v) is 5.27. The van der Waals surface area contributed by atoms with Crippen LogP contribution in [0.15, 0.2) is 23.3 Å². The van der Waals surface area contributed by atoms with Crippen LogP contribution in [0.25, 0.3) is 0 Å². The third-order valence-corrected chi connectivity index (χ3v) is 3.54. The number of rotatable bonds is 0. The van der Waals surface area contributed by atoms with E-state index in [1.165, 1.54) is 0 Å². The van der Waals surface area contributed by atoms with Crippen LogP contribution in [0.3, 0.4) is 0 Å². The standard InChI is InChI=1S/C13H16O2/c1-8-5-12(3)7-9(2)10(14)13(4,6-8)11(12)15/h5,7H,6H2,1-4H3/t12-,13+/m0/s1. The predicted octanol–water partition coefficient (Wildman–Crippen LogP) is 2.45. The minimum atomic E-state index is -0.813. The number of Topliss-reactive ketones (excluding diaryl/α,β-unsaturated/α-hetero) is 2. The lowest BCUT2D eigenvalue weighted by Gasteiger charge is -2.42. The van der Waals surface area contributed by atoms with Crippen molar-refractivity contribution in [3.8, 4) is 0 Å². The fourth-order valence-corrected chi connectivity index (χ4v) is 3.10. The molecule has 80 valence electrons. The van der Waals surface area contributed by atoms with Crippen LogP contribution in [0.4, 0.5) is 0 Å². The maximum absolute atomic E-state index is 12.2. The third kappa shape index (κ3) is 1.17. The van der Waals surface area contributed by atoms with Gasteiger partial charge in [-0.25, -0.2) is 0 Å².